The summed E-state index contributed by atoms with van der Waals surface area (Å²) in [6.07, 6.45) is 7.07. The third kappa shape index (κ3) is 4.60. The van der Waals surface area contributed by atoms with Gasteiger partial charge in [0.05, 0.1) is 7.11 Å². The number of benzene rings is 1. The molecule has 1 heterocycles. The van der Waals surface area contributed by atoms with Gasteiger partial charge in [-0.3, -0.25) is 0 Å². The molecule has 0 aliphatic heterocycles. The van der Waals surface area contributed by atoms with E-state index in [2.05, 4.69) is 40.1 Å². The maximum atomic E-state index is 5.30. The third-order valence-electron chi connectivity index (χ3n) is 3.85. The van der Waals surface area contributed by atoms with Gasteiger partial charge in [-0.15, -0.1) is 0 Å². The zero-order valence-corrected chi connectivity index (χ0v) is 13.2. The van der Waals surface area contributed by atoms with Crippen LogP contribution in [0.3, 0.4) is 0 Å². The topological polar surface area (TPSA) is 39.1 Å². The fourth-order valence-electron chi connectivity index (χ4n) is 2.67. The molecule has 0 aliphatic rings. The number of methoxy groups -OCH3 is 1. The van der Waals surface area contributed by atoms with Crippen molar-refractivity contribution in [2.45, 2.75) is 19.3 Å². The van der Waals surface area contributed by atoms with Crippen molar-refractivity contribution >= 4 is 0 Å². The van der Waals surface area contributed by atoms with Crippen molar-refractivity contribution in [1.29, 1.82) is 0 Å². The lowest BCUT2D eigenvalue weighted by Crippen LogP contribution is -2.21. The fraction of sp³-hybridized carbons (Fsp3) is 0.471. The standard InChI is InChI=1S/C17H25N3O/c1-18-13-15(7-8-17-19-9-10-20(17)2)11-14-5-4-6-16(12-14)21-3/h4-6,9-10,12,15,18H,7-8,11,13H2,1-3H3. The molecule has 21 heavy (non-hydrogen) atoms. The van der Waals surface area contributed by atoms with E-state index in [0.29, 0.717) is 5.92 Å². The summed E-state index contributed by atoms with van der Waals surface area (Å²) in [6, 6.07) is 8.35. The number of hydrogen-bond donors (Lipinski definition) is 1. The van der Waals surface area contributed by atoms with Gasteiger partial charge in [-0.05, 0) is 50.0 Å². The van der Waals surface area contributed by atoms with Crippen LogP contribution in [0.5, 0.6) is 5.75 Å². The molecule has 0 saturated heterocycles. The summed E-state index contributed by atoms with van der Waals surface area (Å²) in [5, 5.41) is 3.30. The van der Waals surface area contributed by atoms with Crippen LogP contribution in [0, 0.1) is 5.92 Å². The minimum absolute atomic E-state index is 0.596. The van der Waals surface area contributed by atoms with Crippen molar-refractivity contribution in [1.82, 2.24) is 14.9 Å². The Morgan fingerprint density at radius 1 is 1.38 bits per heavy atom. The molecule has 2 aromatic rings. The Balaban J connectivity index is 1.96. The molecule has 0 amide bonds. The molecular weight excluding hydrogens is 262 g/mol. The van der Waals surface area contributed by atoms with Gasteiger partial charge < -0.3 is 14.6 Å². The van der Waals surface area contributed by atoms with E-state index in [1.165, 1.54) is 5.56 Å². The molecule has 0 saturated carbocycles. The Bertz CT molecular complexity index is 550. The molecule has 1 aromatic carbocycles. The van der Waals surface area contributed by atoms with Crippen molar-refractivity contribution < 1.29 is 4.74 Å². The van der Waals surface area contributed by atoms with E-state index in [1.807, 2.05) is 25.5 Å². The predicted octanol–water partition coefficient (Wildman–Crippen LogP) is 2.44. The van der Waals surface area contributed by atoms with Crippen molar-refractivity contribution in [2.24, 2.45) is 13.0 Å². The van der Waals surface area contributed by atoms with E-state index in [-0.39, 0.29) is 0 Å². The Labute approximate surface area is 127 Å². The van der Waals surface area contributed by atoms with E-state index in [1.54, 1.807) is 7.11 Å². The van der Waals surface area contributed by atoms with E-state index in [9.17, 15) is 0 Å². The highest BCUT2D eigenvalue weighted by molar-refractivity contribution is 5.28. The van der Waals surface area contributed by atoms with E-state index < -0.39 is 0 Å². The molecular formula is C17H25N3O. The molecule has 0 radical (unpaired) electrons. The number of imidazole rings is 1. The molecule has 1 atom stereocenters. The third-order valence-corrected chi connectivity index (χ3v) is 3.85. The molecule has 0 fully saturated rings. The number of aryl methyl sites for hydroxylation is 2. The molecule has 0 aliphatic carbocycles. The summed E-state index contributed by atoms with van der Waals surface area (Å²) < 4.78 is 7.40. The highest BCUT2D eigenvalue weighted by Crippen LogP contribution is 2.18. The Morgan fingerprint density at radius 2 is 2.24 bits per heavy atom. The predicted molar refractivity (Wildman–Crippen MR) is 85.6 cm³/mol. The van der Waals surface area contributed by atoms with Gasteiger partial charge in [0.1, 0.15) is 11.6 Å². The van der Waals surface area contributed by atoms with Crippen LogP contribution in [0.25, 0.3) is 0 Å². The van der Waals surface area contributed by atoms with Gasteiger partial charge in [-0.1, -0.05) is 12.1 Å². The summed E-state index contributed by atoms with van der Waals surface area (Å²) in [5.74, 6) is 2.68. The minimum atomic E-state index is 0.596. The lowest BCUT2D eigenvalue weighted by atomic mass is 9.94. The van der Waals surface area contributed by atoms with Crippen LogP contribution >= 0.6 is 0 Å². The number of nitrogens with one attached hydrogen (secondary N) is 1. The van der Waals surface area contributed by atoms with Crippen molar-refractivity contribution in [3.05, 3.63) is 48.0 Å². The van der Waals surface area contributed by atoms with Crippen LogP contribution in [0.15, 0.2) is 36.7 Å². The largest absolute Gasteiger partial charge is 0.497 e. The average molecular weight is 287 g/mol. The fourth-order valence-corrected chi connectivity index (χ4v) is 2.67. The summed E-state index contributed by atoms with van der Waals surface area (Å²) in [7, 11) is 5.78. The van der Waals surface area contributed by atoms with Crippen LogP contribution in [-0.4, -0.2) is 30.3 Å². The van der Waals surface area contributed by atoms with E-state index >= 15 is 0 Å². The molecule has 0 spiro atoms. The maximum Gasteiger partial charge on any atom is 0.119 e. The Hall–Kier alpha value is -1.81. The van der Waals surface area contributed by atoms with E-state index in [0.717, 1.165) is 37.4 Å². The van der Waals surface area contributed by atoms with Gasteiger partial charge in [-0.2, -0.15) is 0 Å². The SMILES string of the molecule is CNCC(CCc1nccn1C)Cc1cccc(OC)c1. The van der Waals surface area contributed by atoms with Gasteiger partial charge in [-0.25, -0.2) is 4.98 Å². The van der Waals surface area contributed by atoms with Crippen molar-refractivity contribution in [2.75, 3.05) is 20.7 Å². The summed E-state index contributed by atoms with van der Waals surface area (Å²) >= 11 is 0. The zero-order valence-electron chi connectivity index (χ0n) is 13.2. The summed E-state index contributed by atoms with van der Waals surface area (Å²) in [4.78, 5) is 4.40. The number of hydrogen-bond acceptors (Lipinski definition) is 3. The van der Waals surface area contributed by atoms with Crippen LogP contribution in [0.2, 0.25) is 0 Å². The Morgan fingerprint density at radius 3 is 2.90 bits per heavy atom. The van der Waals surface area contributed by atoms with Crippen LogP contribution in [0.1, 0.15) is 17.8 Å². The Kier molecular flexibility index (Phi) is 5.81. The van der Waals surface area contributed by atoms with Crippen molar-refractivity contribution in [3.8, 4) is 5.75 Å². The van der Waals surface area contributed by atoms with Crippen LogP contribution in [-0.2, 0) is 19.9 Å². The van der Waals surface area contributed by atoms with Gasteiger partial charge in [0.15, 0.2) is 0 Å². The van der Waals surface area contributed by atoms with Gasteiger partial charge >= 0.3 is 0 Å². The molecule has 1 aromatic heterocycles. The second-order valence-corrected chi connectivity index (χ2v) is 5.47. The van der Waals surface area contributed by atoms with Crippen LogP contribution in [0.4, 0.5) is 0 Å². The molecule has 2 rings (SSSR count). The highest BCUT2D eigenvalue weighted by Gasteiger charge is 2.11. The van der Waals surface area contributed by atoms with E-state index in [4.69, 9.17) is 4.74 Å². The number of aromatic nitrogens is 2. The first-order chi connectivity index (χ1) is 10.2. The molecule has 4 heteroatoms. The molecule has 0 bridgehead atoms. The lowest BCUT2D eigenvalue weighted by molar-refractivity contribution is 0.412. The van der Waals surface area contributed by atoms with Gasteiger partial charge in [0.2, 0.25) is 0 Å². The lowest BCUT2D eigenvalue weighted by Gasteiger charge is -2.17. The van der Waals surface area contributed by atoms with Crippen molar-refractivity contribution in [3.63, 3.8) is 0 Å². The highest BCUT2D eigenvalue weighted by atomic mass is 16.5. The normalized spacial score (nSPS) is 12.3. The first-order valence-corrected chi connectivity index (χ1v) is 7.46. The molecule has 114 valence electrons. The molecule has 4 nitrogen and oxygen atoms in total. The average Bonchev–Trinajstić information content (AvgIpc) is 2.90. The first-order valence-electron chi connectivity index (χ1n) is 7.46. The number of ether oxygens (including phenoxy) is 1. The smallest absolute Gasteiger partial charge is 0.119 e. The van der Waals surface area contributed by atoms with Gasteiger partial charge in [0.25, 0.3) is 0 Å². The second-order valence-electron chi connectivity index (χ2n) is 5.47. The second kappa shape index (κ2) is 7.84. The number of nitrogens with zero attached hydrogens (tertiary/aromatic N) is 2. The van der Waals surface area contributed by atoms with Crippen LogP contribution < -0.4 is 10.1 Å². The minimum Gasteiger partial charge on any atom is -0.497 e. The molecule has 1 N–H and O–H groups in total. The monoisotopic (exact) mass is 287 g/mol. The summed E-state index contributed by atoms with van der Waals surface area (Å²) in [5.41, 5.74) is 1.33. The summed E-state index contributed by atoms with van der Waals surface area (Å²) in [6.45, 7) is 1.02. The molecule has 1 unspecified atom stereocenters. The van der Waals surface area contributed by atoms with Gasteiger partial charge in [0, 0.05) is 25.9 Å². The number of rotatable bonds is 8. The quantitative estimate of drug-likeness (QED) is 0.810. The first kappa shape index (κ1) is 15.6. The maximum absolute atomic E-state index is 5.30. The zero-order chi connectivity index (χ0) is 15.1.